The van der Waals surface area contributed by atoms with E-state index in [1.807, 2.05) is 26.0 Å². The molecule has 0 aliphatic rings. The summed E-state index contributed by atoms with van der Waals surface area (Å²) in [6, 6.07) is 4.25. The number of nitrogens with one attached hydrogen (secondary N) is 2. The minimum atomic E-state index is 1.11. The number of rotatable bonds is 5. The molecule has 0 bridgehead atoms. The van der Waals surface area contributed by atoms with Gasteiger partial charge in [0, 0.05) is 10.8 Å². The summed E-state index contributed by atoms with van der Waals surface area (Å²) in [4.78, 5) is 0. The van der Waals surface area contributed by atoms with Gasteiger partial charge in [-0.05, 0) is 37.1 Å². The van der Waals surface area contributed by atoms with Gasteiger partial charge in [-0.2, -0.15) is 0 Å². The molecule has 0 atom stereocenters. The topological polar surface area (TPSA) is 24.1 Å². The van der Waals surface area contributed by atoms with E-state index in [0.717, 1.165) is 10.0 Å². The summed E-state index contributed by atoms with van der Waals surface area (Å²) >= 11 is 3.38. The summed E-state index contributed by atoms with van der Waals surface area (Å²) in [6.45, 7) is 4.05. The average Bonchev–Trinajstić information content (AvgIpc) is 2.97. The third-order valence-electron chi connectivity index (χ3n) is 2.27. The van der Waals surface area contributed by atoms with Crippen LogP contribution in [0.4, 0.5) is 10.0 Å². The second-order valence-electron chi connectivity index (χ2n) is 3.74. The van der Waals surface area contributed by atoms with Crippen LogP contribution in [0, 0.1) is 0 Å². The highest BCUT2D eigenvalue weighted by molar-refractivity contribution is 7.15. The monoisotopic (exact) mass is 276 g/mol. The summed E-state index contributed by atoms with van der Waals surface area (Å²) < 4.78 is 0. The molecule has 0 unspecified atom stereocenters. The number of hydrogen-bond acceptors (Lipinski definition) is 4. The summed E-state index contributed by atoms with van der Waals surface area (Å²) in [5.74, 6) is 0. The molecular weight excluding hydrogens is 260 g/mol. The first-order valence-electron chi connectivity index (χ1n) is 5.76. The molecule has 0 saturated heterocycles. The van der Waals surface area contributed by atoms with Crippen molar-refractivity contribution in [2.75, 3.05) is 10.9 Å². The average molecular weight is 276 g/mol. The highest BCUT2D eigenvalue weighted by Crippen LogP contribution is 2.24. The molecule has 0 radical (unpaired) electrons. The molecule has 2 N–H and O–H groups in total. The minimum Gasteiger partial charge on any atom is -0.290 e. The van der Waals surface area contributed by atoms with Crippen LogP contribution < -0.4 is 10.9 Å². The molecule has 2 aromatic rings. The van der Waals surface area contributed by atoms with Gasteiger partial charge in [0.25, 0.3) is 0 Å². The van der Waals surface area contributed by atoms with Crippen LogP contribution in [0.25, 0.3) is 12.2 Å². The maximum atomic E-state index is 3.22. The van der Waals surface area contributed by atoms with Gasteiger partial charge in [0.15, 0.2) is 0 Å². The lowest BCUT2D eigenvalue weighted by Crippen LogP contribution is -2.05. The van der Waals surface area contributed by atoms with Crippen molar-refractivity contribution < 1.29 is 0 Å². The summed E-state index contributed by atoms with van der Waals surface area (Å²) in [5, 5.41) is 6.49. The zero-order valence-electron chi connectivity index (χ0n) is 10.4. The fourth-order valence-corrected chi connectivity index (χ4v) is 2.96. The van der Waals surface area contributed by atoms with E-state index in [2.05, 4.69) is 45.9 Å². The van der Waals surface area contributed by atoms with Crippen LogP contribution in [0.2, 0.25) is 0 Å². The molecule has 2 aromatic heterocycles. The van der Waals surface area contributed by atoms with Gasteiger partial charge in [0.05, 0.1) is 0 Å². The summed E-state index contributed by atoms with van der Waals surface area (Å²) in [7, 11) is 0. The smallest absolute Gasteiger partial charge is 0.107 e. The van der Waals surface area contributed by atoms with Gasteiger partial charge in [-0.15, -0.1) is 22.7 Å². The predicted octanol–water partition coefficient (Wildman–Crippen LogP) is 5.31. The van der Waals surface area contributed by atoms with Crippen LogP contribution >= 0.6 is 22.7 Å². The SMILES string of the molecule is CC=Cc1csc(NNc2cc(C=CC)cs2)c1. The lowest BCUT2D eigenvalue weighted by Gasteiger charge is -2.03. The largest absolute Gasteiger partial charge is 0.290 e. The van der Waals surface area contributed by atoms with Gasteiger partial charge in [-0.1, -0.05) is 24.3 Å². The van der Waals surface area contributed by atoms with Crippen LogP contribution in [-0.4, -0.2) is 0 Å². The van der Waals surface area contributed by atoms with Crippen molar-refractivity contribution in [3.8, 4) is 0 Å². The maximum absolute atomic E-state index is 3.22. The van der Waals surface area contributed by atoms with E-state index in [9.17, 15) is 0 Å². The van der Waals surface area contributed by atoms with Crippen molar-refractivity contribution in [3.63, 3.8) is 0 Å². The van der Waals surface area contributed by atoms with E-state index in [4.69, 9.17) is 0 Å². The van der Waals surface area contributed by atoms with E-state index in [0.29, 0.717) is 0 Å². The molecule has 2 heterocycles. The number of hydrazine groups is 1. The fraction of sp³-hybridized carbons (Fsp3) is 0.143. The first kappa shape index (κ1) is 12.9. The van der Waals surface area contributed by atoms with Crippen molar-refractivity contribution in [2.24, 2.45) is 0 Å². The Morgan fingerprint density at radius 1 is 0.833 bits per heavy atom. The predicted molar refractivity (Wildman–Crippen MR) is 85.3 cm³/mol. The molecule has 18 heavy (non-hydrogen) atoms. The number of hydrogen-bond donors (Lipinski definition) is 2. The number of allylic oxidation sites excluding steroid dienone is 2. The van der Waals surface area contributed by atoms with E-state index in [1.165, 1.54) is 11.1 Å². The van der Waals surface area contributed by atoms with Crippen LogP contribution in [-0.2, 0) is 0 Å². The Kier molecular flexibility index (Phi) is 4.61. The van der Waals surface area contributed by atoms with Crippen LogP contribution in [0.1, 0.15) is 25.0 Å². The molecule has 0 saturated carbocycles. The zero-order chi connectivity index (χ0) is 12.8. The van der Waals surface area contributed by atoms with Gasteiger partial charge in [-0.3, -0.25) is 10.9 Å². The summed E-state index contributed by atoms with van der Waals surface area (Å²) in [6.07, 6.45) is 8.28. The first-order chi connectivity index (χ1) is 8.81. The lowest BCUT2D eigenvalue weighted by atomic mass is 10.3. The van der Waals surface area contributed by atoms with Crippen molar-refractivity contribution in [1.82, 2.24) is 0 Å². The third-order valence-corrected chi connectivity index (χ3v) is 3.99. The summed E-state index contributed by atoms with van der Waals surface area (Å²) in [5.41, 5.74) is 8.89. The number of thiophene rings is 2. The Morgan fingerprint density at radius 2 is 1.28 bits per heavy atom. The molecule has 0 aliphatic carbocycles. The first-order valence-corrected chi connectivity index (χ1v) is 7.52. The second kappa shape index (κ2) is 6.42. The molecule has 0 fully saturated rings. The normalized spacial score (nSPS) is 11.4. The van der Waals surface area contributed by atoms with Gasteiger partial charge >= 0.3 is 0 Å². The quantitative estimate of drug-likeness (QED) is 0.723. The molecule has 0 amide bonds. The van der Waals surface area contributed by atoms with Crippen molar-refractivity contribution in [2.45, 2.75) is 13.8 Å². The maximum Gasteiger partial charge on any atom is 0.107 e. The van der Waals surface area contributed by atoms with E-state index in [-0.39, 0.29) is 0 Å². The van der Waals surface area contributed by atoms with Gasteiger partial charge in [0.2, 0.25) is 0 Å². The van der Waals surface area contributed by atoms with E-state index in [1.54, 1.807) is 22.7 Å². The highest BCUT2D eigenvalue weighted by Gasteiger charge is 1.99. The highest BCUT2D eigenvalue weighted by atomic mass is 32.1. The minimum absolute atomic E-state index is 1.11. The molecule has 2 nitrogen and oxygen atoms in total. The Balaban J connectivity index is 1.93. The van der Waals surface area contributed by atoms with Crippen LogP contribution in [0.3, 0.4) is 0 Å². The Morgan fingerprint density at radius 3 is 1.67 bits per heavy atom. The van der Waals surface area contributed by atoms with E-state index >= 15 is 0 Å². The van der Waals surface area contributed by atoms with Crippen molar-refractivity contribution >= 4 is 44.8 Å². The molecule has 4 heteroatoms. The number of anilines is 2. The van der Waals surface area contributed by atoms with Crippen molar-refractivity contribution in [1.29, 1.82) is 0 Å². The molecule has 0 aromatic carbocycles. The van der Waals surface area contributed by atoms with Crippen molar-refractivity contribution in [3.05, 3.63) is 46.2 Å². The molecule has 94 valence electrons. The molecule has 0 aliphatic heterocycles. The van der Waals surface area contributed by atoms with Gasteiger partial charge in [0.1, 0.15) is 10.0 Å². The zero-order valence-corrected chi connectivity index (χ0v) is 12.1. The Bertz CT molecular complexity index is 499. The third kappa shape index (κ3) is 3.48. The lowest BCUT2D eigenvalue weighted by molar-refractivity contribution is 1.49. The second-order valence-corrected chi connectivity index (χ2v) is 5.56. The standard InChI is InChI=1S/C14H16N2S2/c1-3-5-11-7-13(17-9-11)15-16-14-8-12(6-4-2)10-18-14/h3-10,15-16H,1-2H3. The molecule has 0 spiro atoms. The fourth-order valence-electron chi connectivity index (χ4n) is 1.52. The molecule has 2 rings (SSSR count). The van der Waals surface area contributed by atoms with Gasteiger partial charge in [-0.25, -0.2) is 0 Å². The Labute approximate surface area is 116 Å². The Hall–Kier alpha value is -1.52. The molecular formula is C14H16N2S2. The van der Waals surface area contributed by atoms with E-state index < -0.39 is 0 Å². The van der Waals surface area contributed by atoms with Crippen LogP contribution in [0.5, 0.6) is 0 Å². The van der Waals surface area contributed by atoms with Crippen LogP contribution in [0.15, 0.2) is 35.0 Å². The van der Waals surface area contributed by atoms with Gasteiger partial charge < -0.3 is 0 Å².